The van der Waals surface area contributed by atoms with E-state index in [0.29, 0.717) is 13.2 Å². The fourth-order valence-electron chi connectivity index (χ4n) is 1.88. The number of ether oxygens (including phenoxy) is 1. The molecule has 0 radical (unpaired) electrons. The van der Waals surface area contributed by atoms with Gasteiger partial charge in [0.05, 0.1) is 6.10 Å². The molecule has 1 saturated heterocycles. The van der Waals surface area contributed by atoms with Gasteiger partial charge in [-0.1, -0.05) is 6.92 Å². The van der Waals surface area contributed by atoms with Crippen LogP contribution in [-0.4, -0.2) is 48.8 Å². The van der Waals surface area contributed by atoms with Crippen molar-refractivity contribution in [2.75, 3.05) is 26.8 Å². The van der Waals surface area contributed by atoms with Gasteiger partial charge in [-0.2, -0.15) is 0 Å². The fourth-order valence-corrected chi connectivity index (χ4v) is 1.88. The fraction of sp³-hybridized carbons (Fsp3) is 0.909. The molecule has 1 rings (SSSR count). The lowest BCUT2D eigenvalue weighted by molar-refractivity contribution is -0.138. The summed E-state index contributed by atoms with van der Waals surface area (Å²) in [6, 6.07) is 0. The third-order valence-electron chi connectivity index (χ3n) is 2.88. The Bertz CT molecular complexity index is 208. The average Bonchev–Trinajstić information content (AvgIpc) is 2.24. The van der Waals surface area contributed by atoms with Gasteiger partial charge in [0.25, 0.3) is 0 Å². The highest BCUT2D eigenvalue weighted by Gasteiger charge is 2.25. The minimum absolute atomic E-state index is 0.00440. The van der Waals surface area contributed by atoms with Crippen LogP contribution in [0.25, 0.3) is 0 Å². The lowest BCUT2D eigenvalue weighted by atomic mass is 10.0. The van der Waals surface area contributed by atoms with Crippen molar-refractivity contribution in [1.29, 1.82) is 0 Å². The minimum atomic E-state index is -0.336. The molecule has 0 spiro atoms. The van der Waals surface area contributed by atoms with Crippen LogP contribution in [0.15, 0.2) is 0 Å². The van der Waals surface area contributed by atoms with Gasteiger partial charge in [-0.3, -0.25) is 4.79 Å². The van der Waals surface area contributed by atoms with Gasteiger partial charge >= 0.3 is 0 Å². The van der Waals surface area contributed by atoms with E-state index in [9.17, 15) is 9.90 Å². The molecule has 0 aromatic heterocycles. The number of methoxy groups -OCH3 is 1. The predicted molar refractivity (Wildman–Crippen MR) is 57.5 cm³/mol. The summed E-state index contributed by atoms with van der Waals surface area (Å²) in [5.41, 5.74) is 0. The molecule has 0 saturated carbocycles. The molecule has 88 valence electrons. The minimum Gasteiger partial charge on any atom is -0.391 e. The summed E-state index contributed by atoms with van der Waals surface area (Å²) in [4.78, 5) is 13.7. The number of hydrogen-bond donors (Lipinski definition) is 1. The molecule has 2 unspecified atom stereocenters. The number of nitrogens with zero attached hydrogens (tertiary/aromatic N) is 1. The molecule has 1 N–H and O–H groups in total. The van der Waals surface area contributed by atoms with Crippen LogP contribution in [0.4, 0.5) is 0 Å². The maximum Gasteiger partial charge on any atom is 0.225 e. The van der Waals surface area contributed by atoms with E-state index < -0.39 is 0 Å². The highest BCUT2D eigenvalue weighted by molar-refractivity contribution is 5.78. The van der Waals surface area contributed by atoms with Gasteiger partial charge in [-0.15, -0.1) is 0 Å². The summed E-state index contributed by atoms with van der Waals surface area (Å²) < 4.78 is 4.95. The van der Waals surface area contributed by atoms with Crippen molar-refractivity contribution < 1.29 is 14.6 Å². The van der Waals surface area contributed by atoms with Crippen molar-refractivity contribution in [2.24, 2.45) is 5.92 Å². The van der Waals surface area contributed by atoms with Crippen LogP contribution in [0.1, 0.15) is 26.2 Å². The molecule has 4 heteroatoms. The van der Waals surface area contributed by atoms with Gasteiger partial charge in [0, 0.05) is 32.7 Å². The SMILES string of the molecule is COCCC(C)C(=O)N1CCCC(O)C1. The number of carbonyl (C=O) groups excluding carboxylic acids is 1. The number of piperidine rings is 1. The van der Waals surface area contributed by atoms with Crippen LogP contribution in [0.5, 0.6) is 0 Å². The number of aliphatic hydroxyl groups is 1. The first kappa shape index (κ1) is 12.5. The van der Waals surface area contributed by atoms with Gasteiger partial charge in [0.2, 0.25) is 5.91 Å². The lowest BCUT2D eigenvalue weighted by Gasteiger charge is -2.32. The largest absolute Gasteiger partial charge is 0.391 e. The Morgan fingerprint density at radius 1 is 1.67 bits per heavy atom. The van der Waals surface area contributed by atoms with E-state index in [0.717, 1.165) is 25.8 Å². The lowest BCUT2D eigenvalue weighted by Crippen LogP contribution is -2.44. The van der Waals surface area contributed by atoms with Crippen molar-refractivity contribution in [3.63, 3.8) is 0 Å². The zero-order chi connectivity index (χ0) is 11.3. The molecular weight excluding hydrogens is 194 g/mol. The molecule has 0 aliphatic carbocycles. The molecule has 1 amide bonds. The van der Waals surface area contributed by atoms with Gasteiger partial charge in [0.15, 0.2) is 0 Å². The van der Waals surface area contributed by atoms with Crippen molar-refractivity contribution in [1.82, 2.24) is 4.90 Å². The first-order valence-corrected chi connectivity index (χ1v) is 5.61. The van der Waals surface area contributed by atoms with Crippen molar-refractivity contribution in [2.45, 2.75) is 32.3 Å². The number of aliphatic hydroxyl groups excluding tert-OH is 1. The maximum absolute atomic E-state index is 11.9. The molecule has 1 fully saturated rings. The number of β-amino-alcohol motifs (C(OH)–C–C–N with tert-alkyl or cyclic N) is 1. The summed E-state index contributed by atoms with van der Waals surface area (Å²) in [7, 11) is 1.64. The standard InChI is InChI=1S/C11H21NO3/c1-9(5-7-15-2)11(14)12-6-3-4-10(13)8-12/h9-10,13H,3-8H2,1-2H3. The van der Waals surface area contributed by atoms with Crippen LogP contribution in [0, 0.1) is 5.92 Å². The monoisotopic (exact) mass is 215 g/mol. The molecule has 15 heavy (non-hydrogen) atoms. The molecule has 0 aromatic carbocycles. The zero-order valence-electron chi connectivity index (χ0n) is 9.61. The highest BCUT2D eigenvalue weighted by Crippen LogP contribution is 2.14. The molecule has 0 bridgehead atoms. The number of likely N-dealkylation sites (tertiary alicyclic amines) is 1. The Morgan fingerprint density at radius 3 is 3.00 bits per heavy atom. The number of amides is 1. The second-order valence-electron chi connectivity index (χ2n) is 4.26. The summed E-state index contributed by atoms with van der Waals surface area (Å²) in [6.07, 6.45) is 2.14. The summed E-state index contributed by atoms with van der Waals surface area (Å²) in [6.45, 7) is 3.81. The summed E-state index contributed by atoms with van der Waals surface area (Å²) >= 11 is 0. The molecule has 1 aliphatic heterocycles. The quantitative estimate of drug-likeness (QED) is 0.749. The average molecular weight is 215 g/mol. The van der Waals surface area contributed by atoms with Crippen LogP contribution in [0.3, 0.4) is 0 Å². The van der Waals surface area contributed by atoms with Crippen LogP contribution < -0.4 is 0 Å². The zero-order valence-corrected chi connectivity index (χ0v) is 9.61. The Labute approximate surface area is 91.2 Å². The van der Waals surface area contributed by atoms with E-state index >= 15 is 0 Å². The van der Waals surface area contributed by atoms with E-state index in [2.05, 4.69) is 0 Å². The molecule has 1 heterocycles. The van der Waals surface area contributed by atoms with Gasteiger partial charge in [-0.25, -0.2) is 0 Å². The van der Waals surface area contributed by atoms with E-state index in [1.165, 1.54) is 0 Å². The summed E-state index contributed by atoms with van der Waals surface area (Å²) in [5.74, 6) is 0.140. The van der Waals surface area contributed by atoms with Crippen molar-refractivity contribution in [3.8, 4) is 0 Å². The molecular formula is C11H21NO3. The Balaban J connectivity index is 2.37. The van der Waals surface area contributed by atoms with Crippen molar-refractivity contribution >= 4 is 5.91 Å². The number of carbonyl (C=O) groups is 1. The van der Waals surface area contributed by atoms with Gasteiger partial charge in [-0.05, 0) is 19.3 Å². The Kier molecular flexibility index (Phi) is 5.05. The second kappa shape index (κ2) is 6.08. The van der Waals surface area contributed by atoms with Crippen LogP contribution >= 0.6 is 0 Å². The number of rotatable bonds is 4. The second-order valence-corrected chi connectivity index (χ2v) is 4.26. The molecule has 4 nitrogen and oxygen atoms in total. The van der Waals surface area contributed by atoms with E-state index in [1.54, 1.807) is 12.0 Å². The van der Waals surface area contributed by atoms with Crippen LogP contribution in [-0.2, 0) is 9.53 Å². The first-order chi connectivity index (χ1) is 7.15. The molecule has 1 aliphatic rings. The smallest absolute Gasteiger partial charge is 0.225 e. The first-order valence-electron chi connectivity index (χ1n) is 5.61. The van der Waals surface area contributed by atoms with Crippen LogP contribution in [0.2, 0.25) is 0 Å². The Hall–Kier alpha value is -0.610. The van der Waals surface area contributed by atoms with E-state index in [1.807, 2.05) is 6.92 Å². The highest BCUT2D eigenvalue weighted by atomic mass is 16.5. The molecule has 0 aromatic rings. The third kappa shape index (κ3) is 3.80. The number of hydrogen-bond acceptors (Lipinski definition) is 3. The third-order valence-corrected chi connectivity index (χ3v) is 2.88. The Morgan fingerprint density at radius 2 is 2.40 bits per heavy atom. The van der Waals surface area contributed by atoms with E-state index in [-0.39, 0.29) is 17.9 Å². The maximum atomic E-state index is 11.9. The van der Waals surface area contributed by atoms with E-state index in [4.69, 9.17) is 4.74 Å². The summed E-state index contributed by atoms with van der Waals surface area (Å²) in [5, 5.41) is 9.47. The van der Waals surface area contributed by atoms with Crippen molar-refractivity contribution in [3.05, 3.63) is 0 Å². The normalized spacial score (nSPS) is 23.9. The van der Waals surface area contributed by atoms with Gasteiger partial charge < -0.3 is 14.7 Å². The predicted octanol–water partition coefficient (Wildman–Crippen LogP) is 0.642. The molecule has 2 atom stereocenters. The van der Waals surface area contributed by atoms with Gasteiger partial charge in [0.1, 0.15) is 0 Å². The topological polar surface area (TPSA) is 49.8 Å².